The lowest BCUT2D eigenvalue weighted by Crippen LogP contribution is -2.24. The maximum atomic E-state index is 4.58. The Hall–Kier alpha value is -2.43. The van der Waals surface area contributed by atoms with E-state index in [-0.39, 0.29) is 0 Å². The molecule has 0 N–H and O–H groups in total. The van der Waals surface area contributed by atoms with Crippen LogP contribution in [0.25, 0.3) is 11.0 Å². The SMILES string of the molecule is Cc1ccc(C2CCCN2c2ncnc3c2cnn3C)cc1C. The van der Waals surface area contributed by atoms with Crippen LogP contribution in [0.1, 0.15) is 35.6 Å². The van der Waals surface area contributed by atoms with Gasteiger partial charge in [-0.05, 0) is 43.4 Å². The number of aryl methyl sites for hydroxylation is 3. The van der Waals surface area contributed by atoms with Crippen molar-refractivity contribution in [3.8, 4) is 0 Å². The summed E-state index contributed by atoms with van der Waals surface area (Å²) in [5.41, 5.74) is 4.96. The van der Waals surface area contributed by atoms with Crippen LogP contribution < -0.4 is 4.90 Å². The lowest BCUT2D eigenvalue weighted by Gasteiger charge is -2.27. The van der Waals surface area contributed by atoms with Crippen molar-refractivity contribution in [2.45, 2.75) is 32.7 Å². The van der Waals surface area contributed by atoms with Crippen LogP contribution >= 0.6 is 0 Å². The highest BCUT2D eigenvalue weighted by Gasteiger charge is 2.29. The fourth-order valence-corrected chi connectivity index (χ4v) is 3.52. The lowest BCUT2D eigenvalue weighted by atomic mass is 9.99. The highest BCUT2D eigenvalue weighted by Crippen LogP contribution is 2.38. The molecule has 4 rings (SSSR count). The first kappa shape index (κ1) is 14.2. The molecule has 2 aromatic heterocycles. The fourth-order valence-electron chi connectivity index (χ4n) is 3.52. The van der Waals surface area contributed by atoms with Crippen molar-refractivity contribution >= 4 is 16.9 Å². The van der Waals surface area contributed by atoms with Gasteiger partial charge in [0.25, 0.3) is 0 Å². The van der Waals surface area contributed by atoms with Gasteiger partial charge in [0.05, 0.1) is 17.6 Å². The van der Waals surface area contributed by atoms with Gasteiger partial charge in [-0.2, -0.15) is 5.10 Å². The fraction of sp³-hybridized carbons (Fsp3) is 0.389. The maximum Gasteiger partial charge on any atom is 0.163 e. The summed E-state index contributed by atoms with van der Waals surface area (Å²) in [7, 11) is 1.92. The van der Waals surface area contributed by atoms with Gasteiger partial charge in [0.15, 0.2) is 5.65 Å². The van der Waals surface area contributed by atoms with E-state index < -0.39 is 0 Å². The molecular formula is C18H21N5. The van der Waals surface area contributed by atoms with Crippen molar-refractivity contribution in [2.75, 3.05) is 11.4 Å². The number of benzene rings is 1. The molecule has 1 unspecified atom stereocenters. The van der Waals surface area contributed by atoms with Gasteiger partial charge < -0.3 is 4.90 Å². The number of hydrogen-bond donors (Lipinski definition) is 0. The van der Waals surface area contributed by atoms with Crippen LogP contribution in [0.2, 0.25) is 0 Å². The van der Waals surface area contributed by atoms with E-state index in [2.05, 4.69) is 52.0 Å². The Bertz CT molecular complexity index is 867. The number of hydrogen-bond acceptors (Lipinski definition) is 4. The van der Waals surface area contributed by atoms with E-state index in [1.807, 2.05) is 17.9 Å². The molecule has 3 heterocycles. The molecule has 1 aliphatic heterocycles. The maximum absolute atomic E-state index is 4.58. The van der Waals surface area contributed by atoms with Gasteiger partial charge >= 0.3 is 0 Å². The summed E-state index contributed by atoms with van der Waals surface area (Å²) in [5.74, 6) is 1.00. The van der Waals surface area contributed by atoms with Crippen molar-refractivity contribution < 1.29 is 0 Å². The second-order valence-corrected chi connectivity index (χ2v) is 6.40. The minimum atomic E-state index is 0.382. The Kier molecular flexibility index (Phi) is 3.29. The molecule has 0 aliphatic carbocycles. The standard InChI is InChI=1S/C18H21N5/c1-12-6-7-14(9-13(12)2)16-5-4-8-23(16)18-15-10-21-22(3)17(15)19-11-20-18/h6-7,9-11,16H,4-5,8H2,1-3H3. The van der Waals surface area contributed by atoms with Gasteiger partial charge in [-0.25, -0.2) is 9.97 Å². The lowest BCUT2D eigenvalue weighted by molar-refractivity contribution is 0.712. The molecule has 5 heteroatoms. The van der Waals surface area contributed by atoms with Crippen molar-refractivity contribution in [2.24, 2.45) is 7.05 Å². The highest BCUT2D eigenvalue weighted by molar-refractivity contribution is 5.87. The Morgan fingerprint density at radius 2 is 2.00 bits per heavy atom. The van der Waals surface area contributed by atoms with Gasteiger partial charge in [-0.1, -0.05) is 18.2 Å². The Labute approximate surface area is 136 Å². The summed E-state index contributed by atoms with van der Waals surface area (Å²) in [6, 6.07) is 7.18. The molecule has 3 aromatic rings. The van der Waals surface area contributed by atoms with Crippen molar-refractivity contribution in [1.82, 2.24) is 19.7 Å². The number of rotatable bonds is 2. The average Bonchev–Trinajstić information content (AvgIpc) is 3.17. The van der Waals surface area contributed by atoms with Crippen LogP contribution in [-0.2, 0) is 7.05 Å². The molecule has 0 spiro atoms. The number of fused-ring (bicyclic) bond motifs is 1. The Balaban J connectivity index is 1.79. The third-order valence-electron chi connectivity index (χ3n) is 4.95. The zero-order valence-corrected chi connectivity index (χ0v) is 13.8. The van der Waals surface area contributed by atoms with E-state index in [9.17, 15) is 0 Å². The van der Waals surface area contributed by atoms with Gasteiger partial charge in [-0.3, -0.25) is 4.68 Å². The van der Waals surface area contributed by atoms with E-state index in [4.69, 9.17) is 0 Å². The topological polar surface area (TPSA) is 46.8 Å². The Morgan fingerprint density at radius 3 is 2.83 bits per heavy atom. The second kappa shape index (κ2) is 5.33. The van der Waals surface area contributed by atoms with E-state index in [0.717, 1.165) is 29.8 Å². The molecule has 0 saturated carbocycles. The molecule has 0 radical (unpaired) electrons. The molecule has 1 saturated heterocycles. The third-order valence-corrected chi connectivity index (χ3v) is 4.95. The zero-order valence-electron chi connectivity index (χ0n) is 13.8. The smallest absolute Gasteiger partial charge is 0.163 e. The Morgan fingerprint density at radius 1 is 1.13 bits per heavy atom. The van der Waals surface area contributed by atoms with Gasteiger partial charge in [0, 0.05) is 13.6 Å². The molecular weight excluding hydrogens is 286 g/mol. The zero-order chi connectivity index (χ0) is 16.0. The first-order chi connectivity index (χ1) is 11.1. The van der Waals surface area contributed by atoms with E-state index in [1.165, 1.54) is 23.1 Å². The third kappa shape index (κ3) is 2.27. The van der Waals surface area contributed by atoms with Crippen LogP contribution in [0.3, 0.4) is 0 Å². The number of anilines is 1. The molecule has 0 bridgehead atoms. The van der Waals surface area contributed by atoms with Crippen molar-refractivity contribution in [3.63, 3.8) is 0 Å². The highest BCUT2D eigenvalue weighted by atomic mass is 15.3. The first-order valence-corrected chi connectivity index (χ1v) is 8.11. The molecule has 1 aromatic carbocycles. The first-order valence-electron chi connectivity index (χ1n) is 8.11. The monoisotopic (exact) mass is 307 g/mol. The van der Waals surface area contributed by atoms with Gasteiger partial charge in [-0.15, -0.1) is 0 Å². The molecule has 1 atom stereocenters. The molecule has 5 nitrogen and oxygen atoms in total. The van der Waals surface area contributed by atoms with Gasteiger partial charge in [0.2, 0.25) is 0 Å². The van der Waals surface area contributed by atoms with Crippen LogP contribution in [0.5, 0.6) is 0 Å². The van der Waals surface area contributed by atoms with Crippen LogP contribution in [-0.4, -0.2) is 26.3 Å². The predicted octanol–water partition coefficient (Wildman–Crippen LogP) is 3.32. The minimum Gasteiger partial charge on any atom is -0.349 e. The van der Waals surface area contributed by atoms with E-state index in [0.29, 0.717) is 6.04 Å². The van der Waals surface area contributed by atoms with Crippen LogP contribution in [0.15, 0.2) is 30.7 Å². The molecule has 0 amide bonds. The predicted molar refractivity (Wildman–Crippen MR) is 91.5 cm³/mol. The largest absolute Gasteiger partial charge is 0.349 e. The minimum absolute atomic E-state index is 0.382. The summed E-state index contributed by atoms with van der Waals surface area (Å²) in [4.78, 5) is 11.4. The van der Waals surface area contributed by atoms with Crippen LogP contribution in [0, 0.1) is 13.8 Å². The molecule has 1 aliphatic rings. The van der Waals surface area contributed by atoms with Crippen LogP contribution in [0.4, 0.5) is 5.82 Å². The normalized spacial score (nSPS) is 18.0. The molecule has 118 valence electrons. The van der Waals surface area contributed by atoms with E-state index >= 15 is 0 Å². The summed E-state index contributed by atoms with van der Waals surface area (Å²) in [6.07, 6.45) is 5.87. The summed E-state index contributed by atoms with van der Waals surface area (Å²) in [6.45, 7) is 5.37. The molecule has 23 heavy (non-hydrogen) atoms. The summed E-state index contributed by atoms with van der Waals surface area (Å²) >= 11 is 0. The second-order valence-electron chi connectivity index (χ2n) is 6.40. The van der Waals surface area contributed by atoms with Crippen molar-refractivity contribution in [1.29, 1.82) is 0 Å². The van der Waals surface area contributed by atoms with E-state index in [1.54, 1.807) is 6.33 Å². The quantitative estimate of drug-likeness (QED) is 0.728. The van der Waals surface area contributed by atoms with Crippen molar-refractivity contribution in [3.05, 3.63) is 47.4 Å². The average molecular weight is 307 g/mol. The van der Waals surface area contributed by atoms with Gasteiger partial charge in [0.1, 0.15) is 12.1 Å². The molecule has 1 fully saturated rings. The number of aromatic nitrogens is 4. The number of nitrogens with zero attached hydrogens (tertiary/aromatic N) is 5. The summed E-state index contributed by atoms with van der Waals surface area (Å²) in [5, 5.41) is 5.37. The summed E-state index contributed by atoms with van der Waals surface area (Å²) < 4.78 is 1.81.